The number of carbonyl (C=O) groups excluding carboxylic acids is 1. The van der Waals surface area contributed by atoms with Crippen LogP contribution < -0.4 is 0 Å². The smallest absolute Gasteiger partial charge is 0.156 e. The van der Waals surface area contributed by atoms with E-state index in [-0.39, 0.29) is 11.5 Å². The highest BCUT2D eigenvalue weighted by molar-refractivity contribution is 7.09. The summed E-state index contributed by atoms with van der Waals surface area (Å²) < 4.78 is 5.45. The molecule has 2 saturated heterocycles. The van der Waals surface area contributed by atoms with Crippen LogP contribution in [0.3, 0.4) is 0 Å². The second-order valence-electron chi connectivity index (χ2n) is 8.23. The second kappa shape index (κ2) is 7.63. The molecule has 24 heavy (non-hydrogen) atoms. The zero-order valence-electron chi connectivity index (χ0n) is 15.2. The van der Waals surface area contributed by atoms with Crippen molar-refractivity contribution in [2.45, 2.75) is 64.3 Å². The highest BCUT2D eigenvalue weighted by Crippen LogP contribution is 2.27. The van der Waals surface area contributed by atoms with Crippen molar-refractivity contribution in [1.82, 2.24) is 9.88 Å². The van der Waals surface area contributed by atoms with Gasteiger partial charge in [-0.2, -0.15) is 0 Å². The first-order valence-electron chi connectivity index (χ1n) is 9.23. The number of thiazole rings is 1. The average molecular weight is 351 g/mol. The van der Waals surface area contributed by atoms with Gasteiger partial charge in [-0.25, -0.2) is 4.98 Å². The van der Waals surface area contributed by atoms with Gasteiger partial charge in [0, 0.05) is 30.6 Å². The predicted octanol–water partition coefficient (Wildman–Crippen LogP) is 3.44. The molecule has 2 fully saturated rings. The molecule has 0 amide bonds. The van der Waals surface area contributed by atoms with Crippen LogP contribution in [0.4, 0.5) is 0 Å². The Hall–Kier alpha value is -0.780. The lowest BCUT2D eigenvalue weighted by Gasteiger charge is -2.30. The minimum absolute atomic E-state index is 0.0558. The van der Waals surface area contributed by atoms with Crippen LogP contribution in [0, 0.1) is 5.92 Å². The molecule has 1 atom stereocenters. The van der Waals surface area contributed by atoms with Crippen LogP contribution in [-0.4, -0.2) is 48.0 Å². The number of carbonyl (C=O) groups is 1. The quantitative estimate of drug-likeness (QED) is 0.816. The second-order valence-corrected chi connectivity index (χ2v) is 9.17. The van der Waals surface area contributed by atoms with E-state index in [1.54, 1.807) is 11.3 Å². The van der Waals surface area contributed by atoms with E-state index in [0.29, 0.717) is 18.1 Å². The maximum Gasteiger partial charge on any atom is 0.156 e. The molecule has 0 saturated carbocycles. The molecule has 0 unspecified atom stereocenters. The summed E-state index contributed by atoms with van der Waals surface area (Å²) in [4.78, 5) is 19.9. The number of hydrogen-bond donors (Lipinski definition) is 0. The highest BCUT2D eigenvalue weighted by atomic mass is 32.1. The molecule has 0 aromatic carbocycles. The van der Waals surface area contributed by atoms with Crippen molar-refractivity contribution in [1.29, 1.82) is 0 Å². The molecular formula is C19H30N2O2S. The number of aromatic nitrogens is 1. The van der Waals surface area contributed by atoms with Gasteiger partial charge in [0.15, 0.2) is 5.78 Å². The van der Waals surface area contributed by atoms with Crippen LogP contribution in [0.2, 0.25) is 0 Å². The Balaban J connectivity index is 1.58. The molecule has 0 aliphatic carbocycles. The van der Waals surface area contributed by atoms with Crippen molar-refractivity contribution in [2.75, 3.05) is 26.3 Å². The van der Waals surface area contributed by atoms with E-state index in [4.69, 9.17) is 9.72 Å². The number of likely N-dealkylation sites (tertiary alicyclic amines) is 1. The Morgan fingerprint density at radius 2 is 2.08 bits per heavy atom. The van der Waals surface area contributed by atoms with Crippen molar-refractivity contribution in [3.05, 3.63) is 16.1 Å². The molecule has 3 heterocycles. The maximum atomic E-state index is 12.8. The zero-order chi connectivity index (χ0) is 17.2. The topological polar surface area (TPSA) is 42.4 Å². The van der Waals surface area contributed by atoms with Crippen LogP contribution in [0.15, 0.2) is 5.38 Å². The summed E-state index contributed by atoms with van der Waals surface area (Å²) in [6, 6.07) is 0.106. The molecule has 0 bridgehead atoms. The van der Waals surface area contributed by atoms with Gasteiger partial charge in [0.05, 0.1) is 18.2 Å². The van der Waals surface area contributed by atoms with Crippen molar-refractivity contribution in [3.63, 3.8) is 0 Å². The number of Topliss-reactive ketones (excluding diaryl/α,β-unsaturated/α-hetero) is 1. The number of hydrogen-bond acceptors (Lipinski definition) is 5. The third kappa shape index (κ3) is 4.44. The van der Waals surface area contributed by atoms with E-state index >= 15 is 0 Å². The first kappa shape index (κ1) is 18.0. The van der Waals surface area contributed by atoms with Gasteiger partial charge in [-0.3, -0.25) is 9.69 Å². The van der Waals surface area contributed by atoms with Gasteiger partial charge in [-0.15, -0.1) is 11.3 Å². The molecule has 1 aromatic heterocycles. The number of ether oxygens (including phenoxy) is 1. The molecule has 2 aliphatic rings. The normalized spacial score (nSPS) is 23.7. The number of ketones is 1. The predicted molar refractivity (Wildman–Crippen MR) is 97.7 cm³/mol. The first-order chi connectivity index (χ1) is 11.4. The summed E-state index contributed by atoms with van der Waals surface area (Å²) in [6.07, 6.45) is 4.93. The summed E-state index contributed by atoms with van der Waals surface area (Å²) in [5, 5.41) is 3.08. The van der Waals surface area contributed by atoms with Gasteiger partial charge in [0.25, 0.3) is 0 Å². The minimum Gasteiger partial charge on any atom is -0.381 e. The van der Waals surface area contributed by atoms with Gasteiger partial charge in [-0.05, 0) is 38.1 Å². The first-order valence-corrected chi connectivity index (χ1v) is 10.1. The van der Waals surface area contributed by atoms with Gasteiger partial charge < -0.3 is 4.74 Å². The standard InChI is InChI=1S/C19H30N2O2S/c1-19(2,3)17-13-24-18(20-17)11-16(22)15-5-4-8-21(15)12-14-6-9-23-10-7-14/h13-15H,4-12H2,1-3H3/t15-/m0/s1. The summed E-state index contributed by atoms with van der Waals surface area (Å²) in [6.45, 7) is 10.4. The van der Waals surface area contributed by atoms with Crippen molar-refractivity contribution < 1.29 is 9.53 Å². The van der Waals surface area contributed by atoms with Crippen LogP contribution >= 0.6 is 11.3 Å². The van der Waals surface area contributed by atoms with E-state index in [1.165, 1.54) is 0 Å². The molecule has 2 aliphatic heterocycles. The summed E-state index contributed by atoms with van der Waals surface area (Å²) in [5.41, 5.74) is 1.15. The third-order valence-electron chi connectivity index (χ3n) is 5.21. The fourth-order valence-electron chi connectivity index (χ4n) is 3.67. The summed E-state index contributed by atoms with van der Waals surface area (Å²) in [5.74, 6) is 1.05. The lowest BCUT2D eigenvalue weighted by Crippen LogP contribution is -2.40. The van der Waals surface area contributed by atoms with E-state index in [2.05, 4.69) is 31.1 Å². The molecule has 3 rings (SSSR count). The SMILES string of the molecule is CC(C)(C)c1csc(CC(=O)[C@@H]2CCCN2CC2CCOCC2)n1. The Morgan fingerprint density at radius 3 is 2.75 bits per heavy atom. The third-order valence-corrected chi connectivity index (χ3v) is 6.06. The molecule has 0 N–H and O–H groups in total. The fourth-order valence-corrected chi connectivity index (χ4v) is 4.70. The highest BCUT2D eigenvalue weighted by Gasteiger charge is 2.32. The zero-order valence-corrected chi connectivity index (χ0v) is 16.0. The Kier molecular flexibility index (Phi) is 5.73. The summed E-state index contributed by atoms with van der Waals surface area (Å²) in [7, 11) is 0. The Morgan fingerprint density at radius 1 is 1.33 bits per heavy atom. The van der Waals surface area contributed by atoms with Crippen molar-refractivity contribution >= 4 is 17.1 Å². The Labute approximate surface area is 149 Å². The van der Waals surface area contributed by atoms with E-state index < -0.39 is 0 Å². The average Bonchev–Trinajstić information content (AvgIpc) is 3.17. The van der Waals surface area contributed by atoms with Gasteiger partial charge in [0.2, 0.25) is 0 Å². The monoisotopic (exact) mass is 350 g/mol. The lowest BCUT2D eigenvalue weighted by molar-refractivity contribution is -0.123. The van der Waals surface area contributed by atoms with E-state index in [9.17, 15) is 4.79 Å². The van der Waals surface area contributed by atoms with Gasteiger partial charge in [0.1, 0.15) is 5.01 Å². The van der Waals surface area contributed by atoms with Crippen LogP contribution in [0.5, 0.6) is 0 Å². The number of nitrogens with zero attached hydrogens (tertiary/aromatic N) is 2. The molecular weight excluding hydrogens is 320 g/mol. The van der Waals surface area contributed by atoms with Crippen LogP contribution in [0.1, 0.15) is 57.2 Å². The fraction of sp³-hybridized carbons (Fsp3) is 0.789. The van der Waals surface area contributed by atoms with Gasteiger partial charge >= 0.3 is 0 Å². The van der Waals surface area contributed by atoms with Gasteiger partial charge in [-0.1, -0.05) is 20.8 Å². The van der Waals surface area contributed by atoms with Crippen LogP contribution in [-0.2, 0) is 21.4 Å². The molecule has 4 nitrogen and oxygen atoms in total. The van der Waals surface area contributed by atoms with Crippen LogP contribution in [0.25, 0.3) is 0 Å². The molecule has 134 valence electrons. The number of rotatable bonds is 5. The molecule has 0 radical (unpaired) electrons. The molecule has 1 aromatic rings. The van der Waals surface area contributed by atoms with E-state index in [1.807, 2.05) is 0 Å². The maximum absolute atomic E-state index is 12.8. The van der Waals surface area contributed by atoms with E-state index in [0.717, 1.165) is 62.7 Å². The molecule has 5 heteroatoms. The van der Waals surface area contributed by atoms with Crippen molar-refractivity contribution in [3.8, 4) is 0 Å². The largest absolute Gasteiger partial charge is 0.381 e. The lowest BCUT2D eigenvalue weighted by atomic mass is 9.93. The summed E-state index contributed by atoms with van der Waals surface area (Å²) >= 11 is 1.63. The van der Waals surface area contributed by atoms with Crippen molar-refractivity contribution in [2.24, 2.45) is 5.92 Å². The minimum atomic E-state index is 0.0558. The molecule has 0 spiro atoms. The Bertz CT molecular complexity index is 558.